The van der Waals surface area contributed by atoms with Gasteiger partial charge in [0.25, 0.3) is 0 Å². The summed E-state index contributed by atoms with van der Waals surface area (Å²) >= 11 is 11.2. The van der Waals surface area contributed by atoms with Crippen molar-refractivity contribution in [2.75, 3.05) is 19.5 Å². The van der Waals surface area contributed by atoms with Crippen molar-refractivity contribution >= 4 is 40.8 Å². The Bertz CT molecular complexity index is 768. The Kier molecular flexibility index (Phi) is 6.22. The van der Waals surface area contributed by atoms with Gasteiger partial charge in [0.2, 0.25) is 0 Å². The minimum atomic E-state index is 0.131. The lowest BCUT2D eigenvalue weighted by Gasteiger charge is -2.14. The number of thiocarbonyl (C=S) groups is 1. The number of hydrogen-bond donors (Lipinski definition) is 3. The van der Waals surface area contributed by atoms with Gasteiger partial charge < -0.3 is 19.9 Å². The molecule has 126 valence electrons. The molecule has 0 fully saturated rings. The van der Waals surface area contributed by atoms with Crippen molar-refractivity contribution in [1.82, 2.24) is 5.43 Å². The van der Waals surface area contributed by atoms with Crippen molar-refractivity contribution in [3.05, 3.63) is 47.0 Å². The Morgan fingerprint density at radius 3 is 2.58 bits per heavy atom. The van der Waals surface area contributed by atoms with Crippen LogP contribution in [0.1, 0.15) is 5.56 Å². The zero-order chi connectivity index (χ0) is 17.5. The Morgan fingerprint density at radius 2 is 1.92 bits per heavy atom. The SMILES string of the molecule is COc1cc(NC(=S)N/N=C/c2ccccc2O)c(OC)cc1Cl. The van der Waals surface area contributed by atoms with E-state index in [0.717, 1.165) is 0 Å². The molecule has 3 N–H and O–H groups in total. The number of anilines is 1. The van der Waals surface area contributed by atoms with Gasteiger partial charge in [0.15, 0.2) is 5.11 Å². The van der Waals surface area contributed by atoms with Gasteiger partial charge in [-0.3, -0.25) is 5.43 Å². The summed E-state index contributed by atoms with van der Waals surface area (Å²) in [5.74, 6) is 1.13. The molecule has 2 aromatic carbocycles. The maximum absolute atomic E-state index is 9.65. The van der Waals surface area contributed by atoms with Gasteiger partial charge in [-0.25, -0.2) is 0 Å². The summed E-state index contributed by atoms with van der Waals surface area (Å²) in [5.41, 5.74) is 3.81. The van der Waals surface area contributed by atoms with E-state index in [1.165, 1.54) is 20.4 Å². The maximum Gasteiger partial charge on any atom is 0.191 e. The minimum absolute atomic E-state index is 0.131. The zero-order valence-electron chi connectivity index (χ0n) is 13.0. The summed E-state index contributed by atoms with van der Waals surface area (Å²) in [6, 6.07) is 10.1. The molecule has 8 heteroatoms. The molecule has 0 aliphatic carbocycles. The number of para-hydroxylation sites is 1. The highest BCUT2D eigenvalue weighted by Gasteiger charge is 2.10. The number of hydrazone groups is 1. The number of phenols is 1. The molecule has 6 nitrogen and oxygen atoms in total. The van der Waals surface area contributed by atoms with Gasteiger partial charge in [-0.1, -0.05) is 23.7 Å². The van der Waals surface area contributed by atoms with Crippen molar-refractivity contribution in [3.63, 3.8) is 0 Å². The number of rotatable bonds is 5. The average Bonchev–Trinajstić information content (AvgIpc) is 2.57. The minimum Gasteiger partial charge on any atom is -0.507 e. The van der Waals surface area contributed by atoms with E-state index in [2.05, 4.69) is 15.8 Å². The van der Waals surface area contributed by atoms with Crippen LogP contribution in [0.15, 0.2) is 41.5 Å². The van der Waals surface area contributed by atoms with Crippen LogP contribution in [0.5, 0.6) is 17.2 Å². The second-order valence-corrected chi connectivity index (χ2v) is 5.39. The van der Waals surface area contributed by atoms with E-state index in [1.54, 1.807) is 36.4 Å². The van der Waals surface area contributed by atoms with Gasteiger partial charge in [-0.05, 0) is 24.4 Å². The van der Waals surface area contributed by atoms with E-state index in [0.29, 0.717) is 27.8 Å². The first-order chi connectivity index (χ1) is 11.5. The molecular formula is C16H16ClN3O3S. The van der Waals surface area contributed by atoms with E-state index in [9.17, 15) is 5.11 Å². The van der Waals surface area contributed by atoms with Crippen LogP contribution in [0.25, 0.3) is 0 Å². The first-order valence-electron chi connectivity index (χ1n) is 6.84. The second kappa shape index (κ2) is 8.37. The van der Waals surface area contributed by atoms with Crippen molar-refractivity contribution in [2.24, 2.45) is 5.10 Å². The molecule has 0 saturated carbocycles. The molecule has 0 aromatic heterocycles. The average molecular weight is 366 g/mol. The summed E-state index contributed by atoms with van der Waals surface area (Å²) in [5, 5.41) is 17.2. The molecule has 0 heterocycles. The van der Waals surface area contributed by atoms with Crippen LogP contribution in [0.4, 0.5) is 5.69 Å². The number of nitrogens with one attached hydrogen (secondary N) is 2. The number of hydrogen-bond acceptors (Lipinski definition) is 5. The molecule has 0 amide bonds. The number of methoxy groups -OCH3 is 2. The monoisotopic (exact) mass is 365 g/mol. The molecule has 24 heavy (non-hydrogen) atoms. The van der Waals surface area contributed by atoms with Gasteiger partial charge in [0.05, 0.1) is 31.1 Å². The predicted molar refractivity (Wildman–Crippen MR) is 99.6 cm³/mol. The highest BCUT2D eigenvalue weighted by molar-refractivity contribution is 7.80. The summed E-state index contributed by atoms with van der Waals surface area (Å²) in [6.07, 6.45) is 1.46. The molecule has 0 spiro atoms. The van der Waals surface area contributed by atoms with Crippen molar-refractivity contribution in [3.8, 4) is 17.2 Å². The predicted octanol–water partition coefficient (Wildman–Crippen LogP) is 3.38. The first kappa shape index (κ1) is 17.8. The molecule has 0 atom stereocenters. The number of aromatic hydroxyl groups is 1. The number of nitrogens with zero attached hydrogens (tertiary/aromatic N) is 1. The number of phenolic OH excluding ortho intramolecular Hbond substituents is 1. The molecule has 0 aliphatic heterocycles. The second-order valence-electron chi connectivity index (χ2n) is 4.57. The first-order valence-corrected chi connectivity index (χ1v) is 7.63. The van der Waals surface area contributed by atoms with Crippen LogP contribution >= 0.6 is 23.8 Å². The third kappa shape index (κ3) is 4.50. The van der Waals surface area contributed by atoms with Crippen LogP contribution in [0.3, 0.4) is 0 Å². The highest BCUT2D eigenvalue weighted by atomic mass is 35.5. The Balaban J connectivity index is 2.06. The van der Waals surface area contributed by atoms with E-state index < -0.39 is 0 Å². The van der Waals surface area contributed by atoms with Gasteiger partial charge in [-0.15, -0.1) is 0 Å². The number of benzene rings is 2. The van der Waals surface area contributed by atoms with Crippen molar-refractivity contribution < 1.29 is 14.6 Å². The summed E-state index contributed by atoms with van der Waals surface area (Å²) in [6.45, 7) is 0. The van der Waals surface area contributed by atoms with E-state index in [4.69, 9.17) is 33.3 Å². The van der Waals surface area contributed by atoms with Gasteiger partial charge in [-0.2, -0.15) is 5.10 Å². The topological polar surface area (TPSA) is 75.1 Å². The van der Waals surface area contributed by atoms with Crippen LogP contribution < -0.4 is 20.2 Å². The summed E-state index contributed by atoms with van der Waals surface area (Å²) in [4.78, 5) is 0. The quantitative estimate of drug-likeness (QED) is 0.428. The number of halogens is 1. The third-order valence-corrected chi connectivity index (χ3v) is 3.52. The Labute approximate surface area is 150 Å². The molecular weight excluding hydrogens is 350 g/mol. The molecule has 2 aromatic rings. The lowest BCUT2D eigenvalue weighted by atomic mass is 10.2. The van der Waals surface area contributed by atoms with Crippen molar-refractivity contribution in [1.29, 1.82) is 0 Å². The molecule has 0 unspecified atom stereocenters. The molecule has 0 bridgehead atoms. The Hall–Kier alpha value is -2.51. The summed E-state index contributed by atoms with van der Waals surface area (Å²) in [7, 11) is 3.04. The van der Waals surface area contributed by atoms with Gasteiger partial charge in [0, 0.05) is 17.7 Å². The normalized spacial score (nSPS) is 10.5. The zero-order valence-corrected chi connectivity index (χ0v) is 14.6. The fourth-order valence-electron chi connectivity index (χ4n) is 1.87. The van der Waals surface area contributed by atoms with Crippen LogP contribution in [0, 0.1) is 0 Å². The lowest BCUT2D eigenvalue weighted by Crippen LogP contribution is -2.24. The van der Waals surface area contributed by atoms with Gasteiger partial charge in [0.1, 0.15) is 17.2 Å². The highest BCUT2D eigenvalue weighted by Crippen LogP contribution is 2.35. The largest absolute Gasteiger partial charge is 0.507 e. The molecule has 0 radical (unpaired) electrons. The van der Waals surface area contributed by atoms with Crippen LogP contribution in [-0.4, -0.2) is 30.7 Å². The van der Waals surface area contributed by atoms with E-state index in [-0.39, 0.29) is 10.9 Å². The van der Waals surface area contributed by atoms with Crippen LogP contribution in [0.2, 0.25) is 5.02 Å². The van der Waals surface area contributed by atoms with Gasteiger partial charge >= 0.3 is 0 Å². The van der Waals surface area contributed by atoms with Crippen LogP contribution in [-0.2, 0) is 0 Å². The van der Waals surface area contributed by atoms with E-state index in [1.807, 2.05) is 0 Å². The fraction of sp³-hybridized carbons (Fsp3) is 0.125. The lowest BCUT2D eigenvalue weighted by molar-refractivity contribution is 0.405. The third-order valence-electron chi connectivity index (χ3n) is 3.03. The van der Waals surface area contributed by atoms with E-state index >= 15 is 0 Å². The molecule has 0 aliphatic rings. The number of ether oxygens (including phenoxy) is 2. The fourth-order valence-corrected chi connectivity index (χ4v) is 2.26. The summed E-state index contributed by atoms with van der Waals surface area (Å²) < 4.78 is 10.4. The molecule has 0 saturated heterocycles. The standard InChI is InChI=1S/C16H16ClN3O3S/c1-22-14-8-12(15(23-2)7-11(14)17)19-16(24)20-18-9-10-5-3-4-6-13(10)21/h3-9,21H,1-2H3,(H2,19,20,24)/b18-9+. The Morgan fingerprint density at radius 1 is 1.21 bits per heavy atom. The molecule has 2 rings (SSSR count). The van der Waals surface area contributed by atoms with Crippen molar-refractivity contribution in [2.45, 2.75) is 0 Å². The smallest absolute Gasteiger partial charge is 0.191 e. The maximum atomic E-state index is 9.65.